The summed E-state index contributed by atoms with van der Waals surface area (Å²) in [7, 11) is 0. The number of aromatic nitrogens is 2. The Labute approximate surface area is 186 Å². The van der Waals surface area contributed by atoms with Crippen LogP contribution in [0.25, 0.3) is 0 Å². The summed E-state index contributed by atoms with van der Waals surface area (Å²) in [4.78, 5) is 12.5. The molecule has 1 amide bonds. The summed E-state index contributed by atoms with van der Waals surface area (Å²) in [5, 5.41) is 11.5. The van der Waals surface area contributed by atoms with E-state index in [2.05, 4.69) is 67.5 Å². The molecule has 1 N–H and O–H groups in total. The van der Waals surface area contributed by atoms with Crippen LogP contribution in [-0.4, -0.2) is 22.2 Å². The van der Waals surface area contributed by atoms with E-state index in [-0.39, 0.29) is 11.3 Å². The van der Waals surface area contributed by atoms with Crippen molar-refractivity contribution < 1.29 is 9.53 Å². The lowest BCUT2D eigenvalue weighted by molar-refractivity contribution is -0.122. The number of nitrogens with zero attached hydrogens (tertiary/aromatic N) is 2. The van der Waals surface area contributed by atoms with Crippen molar-refractivity contribution in [1.82, 2.24) is 10.2 Å². The minimum absolute atomic E-state index is 0.0778. The predicted molar refractivity (Wildman–Crippen MR) is 125 cm³/mol. The molecule has 158 valence electrons. The Morgan fingerprint density at radius 3 is 2.57 bits per heavy atom. The number of carbonyl (C=O) groups excluding carboxylic acids is 1. The van der Waals surface area contributed by atoms with Gasteiger partial charge in [-0.15, -0.1) is 10.2 Å². The van der Waals surface area contributed by atoms with Gasteiger partial charge in [0.05, 0.1) is 0 Å². The van der Waals surface area contributed by atoms with Crippen LogP contribution >= 0.6 is 23.1 Å². The highest BCUT2D eigenvalue weighted by atomic mass is 32.2. The summed E-state index contributed by atoms with van der Waals surface area (Å²) in [6.45, 7) is 10.3. The SMILES string of the molecule is Cc1cccc(CSc2nnc(NC(=O)C(C)Oc3ccc(C(C)(C)C)cc3)s2)c1. The number of hydrogen-bond donors (Lipinski definition) is 1. The third-order valence-corrected chi connectivity index (χ3v) is 6.53. The zero-order chi connectivity index (χ0) is 21.7. The van der Waals surface area contributed by atoms with Gasteiger partial charge in [0.15, 0.2) is 10.4 Å². The fourth-order valence-electron chi connectivity index (χ4n) is 2.76. The lowest BCUT2D eigenvalue weighted by Crippen LogP contribution is -2.30. The number of nitrogens with one attached hydrogen (secondary N) is 1. The molecule has 0 spiro atoms. The molecule has 1 heterocycles. The van der Waals surface area contributed by atoms with Crippen LogP contribution in [-0.2, 0) is 16.0 Å². The van der Waals surface area contributed by atoms with Gasteiger partial charge in [-0.2, -0.15) is 0 Å². The second-order valence-corrected chi connectivity index (χ2v) is 10.4. The highest BCUT2D eigenvalue weighted by Crippen LogP contribution is 2.29. The number of rotatable bonds is 7. The highest BCUT2D eigenvalue weighted by Gasteiger charge is 2.18. The second-order valence-electron chi connectivity index (χ2n) is 8.17. The van der Waals surface area contributed by atoms with Crippen molar-refractivity contribution in [2.24, 2.45) is 0 Å². The lowest BCUT2D eigenvalue weighted by atomic mass is 9.87. The zero-order valence-electron chi connectivity index (χ0n) is 17.9. The van der Waals surface area contributed by atoms with Gasteiger partial charge >= 0.3 is 0 Å². The van der Waals surface area contributed by atoms with E-state index < -0.39 is 6.10 Å². The smallest absolute Gasteiger partial charge is 0.266 e. The van der Waals surface area contributed by atoms with Crippen molar-refractivity contribution in [2.45, 2.75) is 56.2 Å². The van der Waals surface area contributed by atoms with Crippen LogP contribution in [0.15, 0.2) is 52.9 Å². The first-order valence-corrected chi connectivity index (χ1v) is 11.6. The monoisotopic (exact) mass is 441 g/mol. The molecule has 0 bridgehead atoms. The molecule has 2 aromatic carbocycles. The highest BCUT2D eigenvalue weighted by molar-refractivity contribution is 8.00. The Hall–Kier alpha value is -2.38. The topological polar surface area (TPSA) is 64.1 Å². The molecule has 0 aliphatic heterocycles. The van der Waals surface area contributed by atoms with Crippen molar-refractivity contribution in [2.75, 3.05) is 5.32 Å². The van der Waals surface area contributed by atoms with Gasteiger partial charge in [-0.1, -0.05) is 85.8 Å². The summed E-state index contributed by atoms with van der Waals surface area (Å²) < 4.78 is 6.60. The van der Waals surface area contributed by atoms with E-state index in [1.807, 2.05) is 24.3 Å². The predicted octanol–water partition coefficient (Wildman–Crippen LogP) is 5.84. The third kappa shape index (κ3) is 6.31. The normalized spacial score (nSPS) is 12.4. The van der Waals surface area contributed by atoms with Gasteiger partial charge in [0.1, 0.15) is 5.75 Å². The number of benzene rings is 2. The van der Waals surface area contributed by atoms with E-state index in [4.69, 9.17) is 4.74 Å². The molecular weight excluding hydrogens is 414 g/mol. The van der Waals surface area contributed by atoms with E-state index in [1.165, 1.54) is 28.0 Å². The maximum absolute atomic E-state index is 12.5. The molecule has 7 heteroatoms. The van der Waals surface area contributed by atoms with Gasteiger partial charge < -0.3 is 4.74 Å². The van der Waals surface area contributed by atoms with Gasteiger partial charge in [-0.25, -0.2) is 0 Å². The van der Waals surface area contributed by atoms with Gasteiger partial charge in [0.2, 0.25) is 5.13 Å². The van der Waals surface area contributed by atoms with Crippen LogP contribution in [0.2, 0.25) is 0 Å². The summed E-state index contributed by atoms with van der Waals surface area (Å²) >= 11 is 2.97. The Morgan fingerprint density at radius 2 is 1.90 bits per heavy atom. The quantitative estimate of drug-likeness (QED) is 0.368. The number of ether oxygens (including phenoxy) is 1. The first-order valence-electron chi connectivity index (χ1n) is 9.80. The fourth-order valence-corrected chi connectivity index (χ4v) is 4.46. The standard InChI is InChI=1S/C23H27N3O2S2/c1-15-7-6-8-17(13-15)14-29-22-26-25-21(30-22)24-20(27)16(2)28-19-11-9-18(10-12-19)23(3,4)5/h6-13,16H,14H2,1-5H3,(H,24,25,27). The summed E-state index contributed by atoms with van der Waals surface area (Å²) in [6.07, 6.45) is -0.641. The van der Waals surface area contributed by atoms with Crippen molar-refractivity contribution in [1.29, 1.82) is 0 Å². The van der Waals surface area contributed by atoms with E-state index >= 15 is 0 Å². The molecule has 5 nitrogen and oxygen atoms in total. The molecule has 30 heavy (non-hydrogen) atoms. The maximum Gasteiger partial charge on any atom is 0.266 e. The third-order valence-electron chi connectivity index (χ3n) is 4.48. The molecular formula is C23H27N3O2S2. The summed E-state index contributed by atoms with van der Waals surface area (Å²) in [5.74, 6) is 1.23. The first kappa shape index (κ1) is 22.3. The van der Waals surface area contributed by atoms with Crippen LogP contribution in [0.5, 0.6) is 5.75 Å². The lowest BCUT2D eigenvalue weighted by Gasteiger charge is -2.20. The van der Waals surface area contributed by atoms with E-state index in [0.717, 1.165) is 10.1 Å². The Balaban J connectivity index is 1.51. The molecule has 0 saturated heterocycles. The molecule has 3 rings (SSSR count). The van der Waals surface area contributed by atoms with Gasteiger partial charge in [0.25, 0.3) is 5.91 Å². The summed E-state index contributed by atoms with van der Waals surface area (Å²) in [6, 6.07) is 16.2. The number of hydrogen-bond acceptors (Lipinski definition) is 6. The van der Waals surface area contributed by atoms with Crippen LogP contribution in [0.3, 0.4) is 0 Å². The summed E-state index contributed by atoms with van der Waals surface area (Å²) in [5.41, 5.74) is 3.77. The van der Waals surface area contributed by atoms with Crippen molar-refractivity contribution in [3.05, 3.63) is 65.2 Å². The van der Waals surface area contributed by atoms with Gasteiger partial charge in [0, 0.05) is 5.75 Å². The van der Waals surface area contributed by atoms with Crippen molar-refractivity contribution in [3.63, 3.8) is 0 Å². The molecule has 1 unspecified atom stereocenters. The molecule has 0 radical (unpaired) electrons. The van der Waals surface area contributed by atoms with Crippen molar-refractivity contribution >= 4 is 34.1 Å². The number of amides is 1. The molecule has 3 aromatic rings. The van der Waals surface area contributed by atoms with E-state index in [1.54, 1.807) is 18.7 Å². The minimum Gasteiger partial charge on any atom is -0.481 e. The number of thioether (sulfide) groups is 1. The Morgan fingerprint density at radius 1 is 1.17 bits per heavy atom. The van der Waals surface area contributed by atoms with Crippen LogP contribution in [0.1, 0.15) is 44.4 Å². The van der Waals surface area contributed by atoms with Gasteiger partial charge in [-0.3, -0.25) is 10.1 Å². The number of aryl methyl sites for hydroxylation is 1. The van der Waals surface area contributed by atoms with Crippen LogP contribution in [0, 0.1) is 6.92 Å². The largest absolute Gasteiger partial charge is 0.481 e. The molecule has 0 aliphatic rings. The average molecular weight is 442 g/mol. The van der Waals surface area contributed by atoms with Crippen molar-refractivity contribution in [3.8, 4) is 5.75 Å². The maximum atomic E-state index is 12.5. The number of carbonyl (C=O) groups is 1. The number of anilines is 1. The Kier molecular flexibility index (Phi) is 7.15. The molecule has 0 fully saturated rings. The van der Waals surface area contributed by atoms with E-state index in [9.17, 15) is 4.79 Å². The Bertz CT molecular complexity index is 994. The second kappa shape index (κ2) is 9.62. The molecule has 1 atom stereocenters. The van der Waals surface area contributed by atoms with Gasteiger partial charge in [-0.05, 0) is 42.5 Å². The van der Waals surface area contributed by atoms with Crippen LogP contribution in [0.4, 0.5) is 5.13 Å². The van der Waals surface area contributed by atoms with E-state index in [0.29, 0.717) is 10.9 Å². The molecule has 0 aliphatic carbocycles. The molecule has 0 saturated carbocycles. The average Bonchev–Trinajstić information content (AvgIpc) is 3.13. The minimum atomic E-state index is -0.641. The first-order chi connectivity index (χ1) is 14.2. The zero-order valence-corrected chi connectivity index (χ0v) is 19.6. The fraction of sp³-hybridized carbons (Fsp3) is 0.348. The van der Waals surface area contributed by atoms with Crippen LogP contribution < -0.4 is 10.1 Å². The molecule has 1 aromatic heterocycles.